The molecule has 4 rings (SSSR count). The zero-order valence-electron chi connectivity index (χ0n) is 15.3. The van der Waals surface area contributed by atoms with Crippen molar-refractivity contribution in [3.63, 3.8) is 0 Å². The van der Waals surface area contributed by atoms with Crippen LogP contribution in [0.3, 0.4) is 0 Å². The summed E-state index contributed by atoms with van der Waals surface area (Å²) >= 11 is 5.86. The summed E-state index contributed by atoms with van der Waals surface area (Å²) < 4.78 is 14.3. The summed E-state index contributed by atoms with van der Waals surface area (Å²) in [6.07, 6.45) is 6.40. The zero-order valence-corrected chi connectivity index (χ0v) is 16.1. The van der Waals surface area contributed by atoms with E-state index >= 15 is 0 Å². The molecule has 3 aromatic rings. The molecule has 0 saturated heterocycles. The maximum Gasteiger partial charge on any atom is 0.223 e. The third-order valence-electron chi connectivity index (χ3n) is 5.41. The van der Waals surface area contributed by atoms with Gasteiger partial charge in [0.1, 0.15) is 5.69 Å². The van der Waals surface area contributed by atoms with Gasteiger partial charge in [0.05, 0.1) is 17.3 Å². The summed E-state index contributed by atoms with van der Waals surface area (Å²) in [7, 11) is 0. The third kappa shape index (κ3) is 3.19. The molecule has 4 nitrogen and oxygen atoms in total. The minimum atomic E-state index is -0.833. The van der Waals surface area contributed by atoms with Crippen LogP contribution >= 0.6 is 11.6 Å². The van der Waals surface area contributed by atoms with Gasteiger partial charge in [0.15, 0.2) is 5.82 Å². The van der Waals surface area contributed by atoms with E-state index in [2.05, 4.69) is 28.8 Å². The second kappa shape index (κ2) is 6.80. The monoisotopic (exact) mass is 385 g/mol. The second-order valence-electron chi connectivity index (χ2n) is 7.55. The molecule has 1 aromatic carbocycles. The molecule has 2 aromatic heterocycles. The first-order valence-corrected chi connectivity index (χ1v) is 9.61. The van der Waals surface area contributed by atoms with Gasteiger partial charge in [-0.25, -0.2) is 14.4 Å². The molecule has 0 spiro atoms. The summed E-state index contributed by atoms with van der Waals surface area (Å²) in [6.45, 7) is 4.21. The number of halogens is 2. The Hall–Kier alpha value is -2.11. The summed E-state index contributed by atoms with van der Waals surface area (Å²) in [5.74, 6) is -0.340. The van der Waals surface area contributed by atoms with Crippen molar-refractivity contribution in [1.82, 2.24) is 15.0 Å². The molecule has 0 bridgehead atoms. The van der Waals surface area contributed by atoms with Crippen LogP contribution in [0.2, 0.25) is 5.28 Å². The predicted molar refractivity (Wildman–Crippen MR) is 104 cm³/mol. The van der Waals surface area contributed by atoms with E-state index < -0.39 is 11.4 Å². The van der Waals surface area contributed by atoms with Gasteiger partial charge >= 0.3 is 0 Å². The van der Waals surface area contributed by atoms with E-state index in [1.165, 1.54) is 0 Å². The lowest BCUT2D eigenvalue weighted by atomic mass is 9.83. The van der Waals surface area contributed by atoms with Gasteiger partial charge in [-0.3, -0.25) is 4.98 Å². The molecule has 1 aliphatic carbocycles. The van der Waals surface area contributed by atoms with Crippen LogP contribution in [0, 0.1) is 5.82 Å². The van der Waals surface area contributed by atoms with E-state index in [0.717, 1.165) is 53.9 Å². The number of pyridine rings is 1. The number of hydrogen-bond donors (Lipinski definition) is 1. The SMILES string of the molecule is CC(C)c1c(C2(O)CCCC2)cnc2ccc(-c3nc(Cl)ncc3F)cc12. The van der Waals surface area contributed by atoms with E-state index in [4.69, 9.17) is 11.6 Å². The van der Waals surface area contributed by atoms with Gasteiger partial charge in [0.2, 0.25) is 5.28 Å². The maximum absolute atomic E-state index is 14.3. The molecule has 1 saturated carbocycles. The lowest BCUT2D eigenvalue weighted by molar-refractivity contribution is 0.0432. The molecule has 2 heterocycles. The van der Waals surface area contributed by atoms with Crippen LogP contribution in [0.15, 0.2) is 30.6 Å². The standard InChI is InChI=1S/C21H21ClFN3O/c1-12(2)18-14-9-13(19-16(23)11-25-20(22)26-19)5-6-17(14)24-10-15(18)21(27)7-3-4-8-21/h5-6,9-12,27H,3-4,7-8H2,1-2H3. The highest BCUT2D eigenvalue weighted by atomic mass is 35.5. The number of hydrogen-bond acceptors (Lipinski definition) is 4. The number of fused-ring (bicyclic) bond motifs is 1. The molecule has 1 N–H and O–H groups in total. The van der Waals surface area contributed by atoms with Crippen LogP contribution in [0.1, 0.15) is 56.6 Å². The first kappa shape index (κ1) is 18.3. The minimum absolute atomic E-state index is 0.00252. The Labute approximate surface area is 162 Å². The smallest absolute Gasteiger partial charge is 0.223 e. The van der Waals surface area contributed by atoms with Gasteiger partial charge in [0.25, 0.3) is 0 Å². The summed E-state index contributed by atoms with van der Waals surface area (Å²) in [4.78, 5) is 12.3. The molecule has 6 heteroatoms. The van der Waals surface area contributed by atoms with E-state index in [-0.39, 0.29) is 16.9 Å². The van der Waals surface area contributed by atoms with Crippen LogP contribution in [0.5, 0.6) is 0 Å². The number of aliphatic hydroxyl groups is 1. The van der Waals surface area contributed by atoms with E-state index in [1.54, 1.807) is 6.07 Å². The van der Waals surface area contributed by atoms with Crippen molar-refractivity contribution in [3.05, 3.63) is 52.8 Å². The van der Waals surface area contributed by atoms with Crippen molar-refractivity contribution in [3.8, 4) is 11.3 Å². The Kier molecular flexibility index (Phi) is 4.60. The summed E-state index contributed by atoms with van der Waals surface area (Å²) in [5.41, 5.74) is 2.71. The van der Waals surface area contributed by atoms with Crippen molar-refractivity contribution >= 4 is 22.5 Å². The first-order valence-electron chi connectivity index (χ1n) is 9.23. The van der Waals surface area contributed by atoms with Crippen molar-refractivity contribution in [2.24, 2.45) is 0 Å². The van der Waals surface area contributed by atoms with Crippen LogP contribution < -0.4 is 0 Å². The Balaban J connectivity index is 1.96. The fraction of sp³-hybridized carbons (Fsp3) is 0.381. The van der Waals surface area contributed by atoms with E-state index in [0.29, 0.717) is 5.56 Å². The topological polar surface area (TPSA) is 58.9 Å². The normalized spacial score (nSPS) is 16.4. The number of benzene rings is 1. The molecule has 1 aliphatic rings. The van der Waals surface area contributed by atoms with E-state index in [1.807, 2.05) is 18.3 Å². The molecular weight excluding hydrogens is 365 g/mol. The van der Waals surface area contributed by atoms with Gasteiger partial charge in [-0.05, 0) is 48.1 Å². The van der Waals surface area contributed by atoms with Gasteiger partial charge in [-0.2, -0.15) is 0 Å². The molecule has 140 valence electrons. The quantitative estimate of drug-likeness (QED) is 0.616. The third-order valence-corrected chi connectivity index (χ3v) is 5.59. The highest BCUT2D eigenvalue weighted by Gasteiger charge is 2.36. The molecule has 1 fully saturated rings. The zero-order chi connectivity index (χ0) is 19.2. The lowest BCUT2D eigenvalue weighted by Gasteiger charge is -2.28. The van der Waals surface area contributed by atoms with Crippen LogP contribution in [-0.2, 0) is 5.60 Å². The Morgan fingerprint density at radius 1 is 1.15 bits per heavy atom. The van der Waals surface area contributed by atoms with Crippen molar-refractivity contribution in [1.29, 1.82) is 0 Å². The molecular formula is C21H21ClFN3O. The fourth-order valence-electron chi connectivity index (χ4n) is 4.13. The van der Waals surface area contributed by atoms with Crippen molar-refractivity contribution in [2.45, 2.75) is 51.0 Å². The Morgan fingerprint density at radius 3 is 2.59 bits per heavy atom. The molecule has 0 atom stereocenters. The van der Waals surface area contributed by atoms with Gasteiger partial charge in [-0.1, -0.05) is 32.8 Å². The summed E-state index contributed by atoms with van der Waals surface area (Å²) in [6, 6.07) is 5.53. The molecule has 0 unspecified atom stereocenters. The van der Waals surface area contributed by atoms with Gasteiger partial charge in [0, 0.05) is 22.7 Å². The fourth-order valence-corrected chi connectivity index (χ4v) is 4.26. The molecule has 0 aliphatic heterocycles. The van der Waals surface area contributed by atoms with Crippen molar-refractivity contribution < 1.29 is 9.50 Å². The summed E-state index contributed by atoms with van der Waals surface area (Å²) in [5, 5.41) is 12.1. The van der Waals surface area contributed by atoms with Gasteiger partial charge in [-0.15, -0.1) is 0 Å². The minimum Gasteiger partial charge on any atom is -0.385 e. The number of aromatic nitrogens is 3. The average molecular weight is 386 g/mol. The first-order chi connectivity index (χ1) is 12.9. The molecule has 0 radical (unpaired) electrons. The maximum atomic E-state index is 14.3. The number of rotatable bonds is 3. The van der Waals surface area contributed by atoms with E-state index in [9.17, 15) is 9.50 Å². The van der Waals surface area contributed by atoms with Crippen LogP contribution in [-0.4, -0.2) is 20.1 Å². The molecule has 0 amide bonds. The van der Waals surface area contributed by atoms with Gasteiger partial charge < -0.3 is 5.11 Å². The van der Waals surface area contributed by atoms with Crippen molar-refractivity contribution in [2.75, 3.05) is 0 Å². The largest absolute Gasteiger partial charge is 0.385 e. The Bertz CT molecular complexity index is 1020. The van der Waals surface area contributed by atoms with Crippen LogP contribution in [0.4, 0.5) is 4.39 Å². The van der Waals surface area contributed by atoms with Crippen LogP contribution in [0.25, 0.3) is 22.2 Å². The second-order valence-corrected chi connectivity index (χ2v) is 7.88. The predicted octanol–water partition coefficient (Wildman–Crippen LogP) is 5.37. The highest BCUT2D eigenvalue weighted by Crippen LogP contribution is 2.43. The average Bonchev–Trinajstić information content (AvgIpc) is 3.09. The molecule has 27 heavy (non-hydrogen) atoms. The number of nitrogens with zero attached hydrogens (tertiary/aromatic N) is 3. The lowest BCUT2D eigenvalue weighted by Crippen LogP contribution is -2.23. The Morgan fingerprint density at radius 2 is 1.89 bits per heavy atom. The highest BCUT2D eigenvalue weighted by molar-refractivity contribution is 6.28.